The van der Waals surface area contributed by atoms with Crippen LogP contribution in [0.2, 0.25) is 0 Å². The van der Waals surface area contributed by atoms with Gasteiger partial charge in [-0.15, -0.1) is 0 Å². The van der Waals surface area contributed by atoms with Crippen molar-refractivity contribution in [1.82, 2.24) is 15.5 Å². The number of unbranched alkanes of at least 4 members (excludes halogenated alkanes) is 1. The molecule has 0 aliphatic carbocycles. The Kier molecular flexibility index (Phi) is 11.8. The number of nitrogens with one attached hydrogen (secondary N) is 2. The number of carboxylic acids is 2. The van der Waals surface area contributed by atoms with Gasteiger partial charge in [0.2, 0.25) is 17.7 Å². The van der Waals surface area contributed by atoms with E-state index in [0.717, 1.165) is 0 Å². The number of amides is 3. The van der Waals surface area contributed by atoms with Crippen molar-refractivity contribution in [3.63, 3.8) is 0 Å². The molecule has 8 N–H and O–H groups in total. The second-order valence-electron chi connectivity index (χ2n) is 8.45. The number of nitrogens with zero attached hydrogens (tertiary/aromatic N) is 1. The Labute approximate surface area is 193 Å². The molecule has 188 valence electrons. The first-order chi connectivity index (χ1) is 15.5. The highest BCUT2D eigenvalue weighted by atomic mass is 16.4. The van der Waals surface area contributed by atoms with Crippen molar-refractivity contribution in [2.75, 3.05) is 13.1 Å². The standard InChI is InChI=1S/C21H37N5O7/c1-3-12(2)17(25-18(29)13(23)11-16(27)28)20(31)26-10-6-8-15(26)19(30)24-14(21(32)33)7-4-5-9-22/h12-15,17H,3-11,22-23H2,1-2H3,(H,24,30)(H,25,29)(H,27,28)(H,32,33). The van der Waals surface area contributed by atoms with E-state index < -0.39 is 60.2 Å². The summed E-state index contributed by atoms with van der Waals surface area (Å²) >= 11 is 0. The molecule has 5 atom stereocenters. The minimum atomic E-state index is -1.32. The van der Waals surface area contributed by atoms with E-state index in [-0.39, 0.29) is 18.9 Å². The second kappa shape index (κ2) is 13.7. The van der Waals surface area contributed by atoms with Crippen LogP contribution in [0.4, 0.5) is 0 Å². The lowest BCUT2D eigenvalue weighted by molar-refractivity contribution is -0.145. The monoisotopic (exact) mass is 471 g/mol. The van der Waals surface area contributed by atoms with Crippen molar-refractivity contribution in [1.29, 1.82) is 0 Å². The third kappa shape index (κ3) is 8.61. The van der Waals surface area contributed by atoms with E-state index in [1.165, 1.54) is 4.90 Å². The molecule has 0 bridgehead atoms. The van der Waals surface area contributed by atoms with Crippen molar-refractivity contribution in [2.45, 2.75) is 83.0 Å². The quantitative estimate of drug-likeness (QED) is 0.172. The molecule has 0 radical (unpaired) electrons. The number of nitrogens with two attached hydrogens (primary N) is 2. The van der Waals surface area contributed by atoms with Gasteiger partial charge in [-0.2, -0.15) is 0 Å². The first-order valence-electron chi connectivity index (χ1n) is 11.3. The maximum atomic E-state index is 13.3. The van der Waals surface area contributed by atoms with Crippen LogP contribution in [0.15, 0.2) is 0 Å². The summed E-state index contributed by atoms with van der Waals surface area (Å²) in [6.07, 6.45) is 2.28. The summed E-state index contributed by atoms with van der Waals surface area (Å²) in [6, 6.07) is -4.24. The number of hydrogen-bond acceptors (Lipinski definition) is 7. The Hall–Kier alpha value is -2.73. The Morgan fingerprint density at radius 1 is 1.12 bits per heavy atom. The summed E-state index contributed by atoms with van der Waals surface area (Å²) < 4.78 is 0. The Morgan fingerprint density at radius 3 is 2.33 bits per heavy atom. The number of hydrogen-bond donors (Lipinski definition) is 6. The average molecular weight is 472 g/mol. The van der Waals surface area contributed by atoms with Crippen molar-refractivity contribution in [3.05, 3.63) is 0 Å². The summed E-state index contributed by atoms with van der Waals surface area (Å²) in [5.41, 5.74) is 11.1. The first kappa shape index (κ1) is 28.3. The lowest BCUT2D eigenvalue weighted by Crippen LogP contribution is -2.58. The molecule has 1 fully saturated rings. The number of carbonyl (C=O) groups excluding carboxylic acids is 3. The van der Waals surface area contributed by atoms with Gasteiger partial charge in [0.25, 0.3) is 0 Å². The van der Waals surface area contributed by atoms with Crippen LogP contribution in [-0.2, 0) is 24.0 Å². The Morgan fingerprint density at radius 2 is 1.79 bits per heavy atom. The molecule has 0 aromatic rings. The van der Waals surface area contributed by atoms with E-state index in [1.54, 1.807) is 6.92 Å². The molecule has 1 saturated heterocycles. The van der Waals surface area contributed by atoms with Crippen LogP contribution in [-0.4, -0.2) is 82.0 Å². The van der Waals surface area contributed by atoms with Crippen molar-refractivity contribution < 1.29 is 34.2 Å². The molecule has 0 aromatic carbocycles. The highest BCUT2D eigenvalue weighted by molar-refractivity contribution is 5.95. The Bertz CT molecular complexity index is 717. The zero-order chi connectivity index (χ0) is 25.1. The van der Waals surface area contributed by atoms with Crippen LogP contribution in [0.5, 0.6) is 0 Å². The predicted molar refractivity (Wildman–Crippen MR) is 119 cm³/mol. The van der Waals surface area contributed by atoms with Crippen LogP contribution < -0.4 is 22.1 Å². The molecule has 1 heterocycles. The fourth-order valence-corrected chi connectivity index (χ4v) is 3.72. The van der Waals surface area contributed by atoms with Gasteiger partial charge in [0.1, 0.15) is 18.1 Å². The topological polar surface area (TPSA) is 205 Å². The third-order valence-electron chi connectivity index (χ3n) is 5.91. The van der Waals surface area contributed by atoms with E-state index in [9.17, 15) is 29.1 Å². The number of aliphatic carboxylic acids is 2. The highest BCUT2D eigenvalue weighted by Gasteiger charge is 2.40. The van der Waals surface area contributed by atoms with Crippen LogP contribution in [0.1, 0.15) is 58.8 Å². The van der Waals surface area contributed by atoms with Crippen molar-refractivity contribution >= 4 is 29.7 Å². The zero-order valence-corrected chi connectivity index (χ0v) is 19.3. The molecule has 1 rings (SSSR count). The molecule has 0 spiro atoms. The molecule has 12 heteroatoms. The van der Waals surface area contributed by atoms with Crippen LogP contribution >= 0.6 is 0 Å². The van der Waals surface area contributed by atoms with Crippen molar-refractivity contribution in [2.24, 2.45) is 17.4 Å². The molecular formula is C21H37N5O7. The second-order valence-corrected chi connectivity index (χ2v) is 8.45. The van der Waals surface area contributed by atoms with Crippen molar-refractivity contribution in [3.8, 4) is 0 Å². The summed E-state index contributed by atoms with van der Waals surface area (Å²) in [5.74, 6) is -4.49. The lowest BCUT2D eigenvalue weighted by Gasteiger charge is -2.32. The van der Waals surface area contributed by atoms with Gasteiger partial charge in [0.05, 0.1) is 12.5 Å². The molecule has 0 saturated carbocycles. The molecular weight excluding hydrogens is 434 g/mol. The van der Waals surface area contributed by atoms with Gasteiger partial charge >= 0.3 is 11.9 Å². The highest BCUT2D eigenvalue weighted by Crippen LogP contribution is 2.22. The van der Waals surface area contributed by atoms with Gasteiger partial charge in [-0.1, -0.05) is 20.3 Å². The van der Waals surface area contributed by atoms with Crippen LogP contribution in [0, 0.1) is 5.92 Å². The van der Waals surface area contributed by atoms with Crippen LogP contribution in [0.25, 0.3) is 0 Å². The minimum absolute atomic E-state index is 0.228. The van der Waals surface area contributed by atoms with Gasteiger partial charge in [-0.3, -0.25) is 19.2 Å². The summed E-state index contributed by atoms with van der Waals surface area (Å²) in [5, 5.41) is 23.3. The molecule has 12 nitrogen and oxygen atoms in total. The van der Waals surface area contributed by atoms with Gasteiger partial charge < -0.3 is 37.2 Å². The average Bonchev–Trinajstić information content (AvgIpc) is 3.25. The van der Waals surface area contributed by atoms with E-state index in [2.05, 4.69) is 10.6 Å². The van der Waals surface area contributed by atoms with Gasteiger partial charge in [-0.05, 0) is 44.6 Å². The lowest BCUT2D eigenvalue weighted by atomic mass is 9.96. The summed E-state index contributed by atoms with van der Waals surface area (Å²) in [4.78, 5) is 62.3. The van der Waals surface area contributed by atoms with E-state index >= 15 is 0 Å². The molecule has 1 aliphatic heterocycles. The maximum absolute atomic E-state index is 13.3. The predicted octanol–water partition coefficient (Wildman–Crippen LogP) is -0.991. The number of carbonyl (C=O) groups is 5. The third-order valence-corrected chi connectivity index (χ3v) is 5.91. The van der Waals surface area contributed by atoms with E-state index in [0.29, 0.717) is 38.6 Å². The summed E-state index contributed by atoms with van der Waals surface area (Å²) in [7, 11) is 0. The number of carboxylic acid groups (broad SMARTS) is 2. The van der Waals surface area contributed by atoms with Gasteiger partial charge in [0, 0.05) is 6.54 Å². The van der Waals surface area contributed by atoms with Gasteiger partial charge in [0.15, 0.2) is 0 Å². The molecule has 5 unspecified atom stereocenters. The summed E-state index contributed by atoms with van der Waals surface area (Å²) in [6.45, 7) is 4.30. The SMILES string of the molecule is CCC(C)C(NC(=O)C(N)CC(=O)O)C(=O)N1CCCC1C(=O)NC(CCCCN)C(=O)O. The smallest absolute Gasteiger partial charge is 0.326 e. The fraction of sp³-hybridized carbons (Fsp3) is 0.762. The zero-order valence-electron chi connectivity index (χ0n) is 19.3. The Balaban J connectivity index is 2.94. The fourth-order valence-electron chi connectivity index (χ4n) is 3.72. The van der Waals surface area contributed by atoms with E-state index in [1.807, 2.05) is 6.92 Å². The number of likely N-dealkylation sites (tertiary alicyclic amines) is 1. The minimum Gasteiger partial charge on any atom is -0.481 e. The van der Waals surface area contributed by atoms with E-state index in [4.69, 9.17) is 16.6 Å². The molecule has 0 aromatic heterocycles. The first-order valence-corrected chi connectivity index (χ1v) is 11.3. The molecule has 3 amide bonds. The van der Waals surface area contributed by atoms with Gasteiger partial charge in [-0.25, -0.2) is 4.79 Å². The number of rotatable bonds is 14. The largest absolute Gasteiger partial charge is 0.481 e. The molecule has 33 heavy (non-hydrogen) atoms. The normalized spacial score (nSPS) is 19.3. The maximum Gasteiger partial charge on any atom is 0.326 e. The van der Waals surface area contributed by atoms with Crippen LogP contribution in [0.3, 0.4) is 0 Å². The molecule has 1 aliphatic rings.